The molecule has 0 spiro atoms. The van der Waals surface area contributed by atoms with Gasteiger partial charge in [-0.3, -0.25) is 24.7 Å². The van der Waals surface area contributed by atoms with Crippen molar-refractivity contribution in [3.05, 3.63) is 191 Å². The van der Waals surface area contributed by atoms with Gasteiger partial charge in [-0.05, 0) is 93.1 Å². The van der Waals surface area contributed by atoms with Crippen LogP contribution in [0.4, 0.5) is 33.3 Å². The first-order valence-electron chi connectivity index (χ1n) is 18.2. The SMILES string of the molecule is Cc1ccc(C(Nc2ccc(C)nc2)c2ccc3cccnc3c2O)c(F)c1.Cc1ccc(N)cn1.O=Cc1ccc(C(F)(F)F)cc1F.Oc1cccc2cccnc12. The summed E-state index contributed by atoms with van der Waals surface area (Å²) in [5.74, 6) is -1.22. The van der Waals surface area contributed by atoms with Crippen molar-refractivity contribution in [2.45, 2.75) is 33.0 Å². The number of carbonyl (C=O) groups excluding carboxylic acids is 1. The lowest BCUT2D eigenvalue weighted by molar-refractivity contribution is -0.137. The average Bonchev–Trinajstić information content (AvgIpc) is 3.23. The van der Waals surface area contributed by atoms with E-state index in [0.717, 1.165) is 45.2 Å². The molecular formula is C46H39F5N6O3. The summed E-state index contributed by atoms with van der Waals surface area (Å²) in [6.07, 6.45) is 2.23. The molecule has 0 saturated carbocycles. The van der Waals surface area contributed by atoms with Crippen LogP contribution in [0.3, 0.4) is 0 Å². The molecule has 0 aliphatic rings. The number of nitrogens with zero attached hydrogens (tertiary/aromatic N) is 4. The second-order valence-electron chi connectivity index (χ2n) is 13.3. The molecule has 8 rings (SSSR count). The number of aldehydes is 1. The fraction of sp³-hybridized carbons (Fsp3) is 0.109. The average molecular weight is 819 g/mol. The number of phenols is 2. The fourth-order valence-corrected chi connectivity index (χ4v) is 5.65. The summed E-state index contributed by atoms with van der Waals surface area (Å²) in [6, 6.07) is 30.2. The van der Waals surface area contributed by atoms with Crippen LogP contribution in [-0.2, 0) is 6.18 Å². The number of nitrogen functional groups attached to an aromatic ring is 1. The van der Waals surface area contributed by atoms with Crippen LogP contribution >= 0.6 is 0 Å². The molecular weight excluding hydrogens is 780 g/mol. The van der Waals surface area contributed by atoms with Crippen molar-refractivity contribution in [1.82, 2.24) is 19.9 Å². The Balaban J connectivity index is 0.000000175. The van der Waals surface area contributed by atoms with Gasteiger partial charge in [0.1, 0.15) is 34.2 Å². The van der Waals surface area contributed by atoms with Gasteiger partial charge in [0.2, 0.25) is 0 Å². The van der Waals surface area contributed by atoms with Gasteiger partial charge in [0.25, 0.3) is 0 Å². The maximum absolute atomic E-state index is 14.8. The molecule has 14 heteroatoms. The van der Waals surface area contributed by atoms with E-state index in [1.165, 1.54) is 6.07 Å². The Hall–Kier alpha value is -7.48. The highest BCUT2D eigenvalue weighted by Crippen LogP contribution is 2.37. The van der Waals surface area contributed by atoms with E-state index >= 15 is 0 Å². The maximum Gasteiger partial charge on any atom is 0.416 e. The van der Waals surface area contributed by atoms with E-state index in [4.69, 9.17) is 5.73 Å². The number of para-hydroxylation sites is 1. The third-order valence-electron chi connectivity index (χ3n) is 8.78. The number of halogens is 5. The largest absolute Gasteiger partial charge is 0.506 e. The summed E-state index contributed by atoms with van der Waals surface area (Å²) in [5.41, 5.74) is 10.2. The Bertz CT molecular complexity index is 2670. The van der Waals surface area contributed by atoms with Crippen LogP contribution in [0.25, 0.3) is 21.8 Å². The van der Waals surface area contributed by atoms with Gasteiger partial charge in [0, 0.05) is 45.7 Å². The van der Waals surface area contributed by atoms with E-state index in [9.17, 15) is 37.0 Å². The van der Waals surface area contributed by atoms with Gasteiger partial charge in [-0.1, -0.05) is 48.5 Å². The molecule has 306 valence electrons. The molecule has 0 bridgehead atoms. The van der Waals surface area contributed by atoms with Gasteiger partial charge in [-0.25, -0.2) is 8.78 Å². The van der Waals surface area contributed by atoms with Gasteiger partial charge >= 0.3 is 6.18 Å². The monoisotopic (exact) mass is 818 g/mol. The summed E-state index contributed by atoms with van der Waals surface area (Å²) in [4.78, 5) is 26.6. The molecule has 1 atom stereocenters. The van der Waals surface area contributed by atoms with Crippen molar-refractivity contribution in [3.63, 3.8) is 0 Å². The minimum Gasteiger partial charge on any atom is -0.506 e. The number of hydrogen-bond acceptors (Lipinski definition) is 9. The molecule has 5 N–H and O–H groups in total. The molecule has 1 unspecified atom stereocenters. The van der Waals surface area contributed by atoms with Crippen molar-refractivity contribution >= 4 is 39.5 Å². The predicted molar refractivity (Wildman–Crippen MR) is 223 cm³/mol. The predicted octanol–water partition coefficient (Wildman–Crippen LogP) is 10.9. The number of nitrogens with two attached hydrogens (primary N) is 1. The van der Waals surface area contributed by atoms with E-state index in [-0.39, 0.29) is 29.2 Å². The van der Waals surface area contributed by atoms with Crippen LogP contribution in [0.1, 0.15) is 50.0 Å². The normalized spacial score (nSPS) is 11.2. The number of aromatic nitrogens is 4. The third kappa shape index (κ3) is 11.6. The minimum atomic E-state index is -4.58. The topological polar surface area (TPSA) is 147 Å². The van der Waals surface area contributed by atoms with E-state index in [1.807, 2.05) is 87.5 Å². The first-order valence-corrected chi connectivity index (χ1v) is 18.2. The Morgan fingerprint density at radius 3 is 1.87 bits per heavy atom. The Kier molecular flexibility index (Phi) is 14.4. The van der Waals surface area contributed by atoms with E-state index in [0.29, 0.717) is 34.3 Å². The fourth-order valence-electron chi connectivity index (χ4n) is 5.65. The maximum atomic E-state index is 14.8. The molecule has 60 heavy (non-hydrogen) atoms. The molecule has 0 aliphatic heterocycles. The number of aryl methyl sites for hydroxylation is 3. The highest BCUT2D eigenvalue weighted by Gasteiger charge is 2.31. The number of pyridine rings is 4. The Morgan fingerprint density at radius 2 is 1.30 bits per heavy atom. The first kappa shape index (κ1) is 43.6. The van der Waals surface area contributed by atoms with Crippen LogP contribution in [0.15, 0.2) is 140 Å². The first-order chi connectivity index (χ1) is 28.6. The molecule has 9 nitrogen and oxygen atoms in total. The molecule has 4 heterocycles. The van der Waals surface area contributed by atoms with Crippen LogP contribution in [0.5, 0.6) is 11.5 Å². The molecule has 0 amide bonds. The van der Waals surface area contributed by atoms with Crippen LogP contribution in [0, 0.1) is 32.4 Å². The lowest BCUT2D eigenvalue weighted by Crippen LogP contribution is -2.15. The number of hydrogen-bond donors (Lipinski definition) is 4. The highest BCUT2D eigenvalue weighted by atomic mass is 19.4. The number of rotatable bonds is 5. The molecule has 0 fully saturated rings. The van der Waals surface area contributed by atoms with Crippen LogP contribution in [0.2, 0.25) is 0 Å². The summed E-state index contributed by atoms with van der Waals surface area (Å²) >= 11 is 0. The minimum absolute atomic E-state index is 0.0376. The molecule has 4 aromatic carbocycles. The summed E-state index contributed by atoms with van der Waals surface area (Å²) in [6.45, 7) is 5.68. The zero-order valence-electron chi connectivity index (χ0n) is 32.5. The van der Waals surface area contributed by atoms with Gasteiger partial charge < -0.3 is 21.3 Å². The number of phenolic OH excluding ortho intramolecular Hbond substituents is 2. The number of carbonyl (C=O) groups is 1. The Labute approximate surface area is 342 Å². The molecule has 0 aliphatic carbocycles. The van der Waals surface area contributed by atoms with E-state index in [1.54, 1.807) is 49.1 Å². The lowest BCUT2D eigenvalue weighted by Gasteiger charge is -2.23. The smallest absolute Gasteiger partial charge is 0.416 e. The summed E-state index contributed by atoms with van der Waals surface area (Å²) in [7, 11) is 0. The third-order valence-corrected chi connectivity index (χ3v) is 8.78. The van der Waals surface area contributed by atoms with Gasteiger partial charge in [-0.15, -0.1) is 0 Å². The number of anilines is 2. The van der Waals surface area contributed by atoms with Crippen molar-refractivity contribution < 1.29 is 37.0 Å². The quantitative estimate of drug-likeness (QED) is 0.0984. The molecule has 8 aromatic rings. The van der Waals surface area contributed by atoms with Crippen LogP contribution < -0.4 is 11.1 Å². The van der Waals surface area contributed by atoms with Gasteiger partial charge in [0.15, 0.2) is 6.29 Å². The Morgan fingerprint density at radius 1 is 0.667 bits per heavy atom. The number of benzene rings is 4. The van der Waals surface area contributed by atoms with Crippen molar-refractivity contribution in [3.8, 4) is 11.5 Å². The number of aromatic hydroxyl groups is 2. The molecule has 0 radical (unpaired) electrons. The van der Waals surface area contributed by atoms with Gasteiger partial charge in [-0.2, -0.15) is 13.2 Å². The number of alkyl halides is 3. The van der Waals surface area contributed by atoms with Crippen molar-refractivity contribution in [1.29, 1.82) is 0 Å². The number of fused-ring (bicyclic) bond motifs is 2. The van der Waals surface area contributed by atoms with E-state index in [2.05, 4.69) is 25.3 Å². The standard InChI is InChI=1S/C23H20FN3O.C9H7NO.C8H4F4O.C6H8N2/c1-14-5-9-18(20(24)12-14)22(27-17-8-6-15(2)26-13-17)19-10-7-16-4-3-11-25-21(16)23(19)28;11-8-5-1-3-7-4-2-6-10-9(7)8;9-7-3-6(8(10,11)12)2-1-5(7)4-13;1-5-2-3-6(7)4-8-5/h3-13,22,27-28H,1-2H3;1-6,11H;1-4H;2-4H,7H2,1H3. The van der Waals surface area contributed by atoms with Gasteiger partial charge in [0.05, 0.1) is 40.9 Å². The molecule has 4 aromatic heterocycles. The highest BCUT2D eigenvalue weighted by molar-refractivity contribution is 5.86. The summed E-state index contributed by atoms with van der Waals surface area (Å²) < 4.78 is 63.3. The molecule has 0 saturated heterocycles. The van der Waals surface area contributed by atoms with Crippen LogP contribution in [-0.4, -0.2) is 36.4 Å². The zero-order chi connectivity index (χ0) is 43.4. The van der Waals surface area contributed by atoms with E-state index < -0.39 is 23.6 Å². The second-order valence-corrected chi connectivity index (χ2v) is 13.3. The van der Waals surface area contributed by atoms with Crippen molar-refractivity contribution in [2.24, 2.45) is 0 Å². The summed E-state index contributed by atoms with van der Waals surface area (Å²) in [5, 5.41) is 25.3. The zero-order valence-corrected chi connectivity index (χ0v) is 32.5. The van der Waals surface area contributed by atoms with Crippen molar-refractivity contribution in [2.75, 3.05) is 11.1 Å². The lowest BCUT2D eigenvalue weighted by atomic mass is 9.95. The second kappa shape index (κ2) is 19.8. The number of nitrogens with one attached hydrogen (secondary N) is 1.